The third kappa shape index (κ3) is 5.45. The normalized spacial score (nSPS) is 11.8. The molecule has 26 heavy (non-hydrogen) atoms. The molecule has 0 aliphatic heterocycles. The number of benzene rings is 2. The smallest absolute Gasteiger partial charge is 0.344 e. The SMILES string of the molecule is COc1cc(C(=O)N/N=C/c2ccc(O[C@@H](C)C(=O)O)cc2)ccc1I. The van der Waals surface area contributed by atoms with Gasteiger partial charge in [0.25, 0.3) is 5.91 Å². The maximum Gasteiger partial charge on any atom is 0.344 e. The second-order valence-electron chi connectivity index (χ2n) is 5.22. The summed E-state index contributed by atoms with van der Waals surface area (Å²) >= 11 is 2.12. The highest BCUT2D eigenvalue weighted by Crippen LogP contribution is 2.21. The van der Waals surface area contributed by atoms with E-state index in [4.69, 9.17) is 14.6 Å². The highest BCUT2D eigenvalue weighted by Gasteiger charge is 2.12. The lowest BCUT2D eigenvalue weighted by atomic mass is 10.2. The summed E-state index contributed by atoms with van der Waals surface area (Å²) in [4.78, 5) is 22.9. The summed E-state index contributed by atoms with van der Waals surface area (Å²) < 4.78 is 11.3. The summed E-state index contributed by atoms with van der Waals surface area (Å²) in [7, 11) is 1.54. The summed E-state index contributed by atoms with van der Waals surface area (Å²) in [5.74, 6) is -0.336. The Balaban J connectivity index is 1.95. The largest absolute Gasteiger partial charge is 0.496 e. The van der Waals surface area contributed by atoms with Crippen LogP contribution in [0.3, 0.4) is 0 Å². The Bertz CT molecular complexity index is 821. The van der Waals surface area contributed by atoms with Crippen molar-refractivity contribution in [1.29, 1.82) is 0 Å². The van der Waals surface area contributed by atoms with Gasteiger partial charge in [-0.1, -0.05) is 0 Å². The Labute approximate surface area is 164 Å². The van der Waals surface area contributed by atoms with Crippen LogP contribution in [0.4, 0.5) is 0 Å². The highest BCUT2D eigenvalue weighted by atomic mass is 127. The van der Waals surface area contributed by atoms with Gasteiger partial charge in [-0.2, -0.15) is 5.10 Å². The maximum atomic E-state index is 12.1. The van der Waals surface area contributed by atoms with Crippen molar-refractivity contribution < 1.29 is 24.2 Å². The second kappa shape index (κ2) is 9.18. The van der Waals surface area contributed by atoms with Crippen LogP contribution in [-0.2, 0) is 4.79 Å². The maximum absolute atomic E-state index is 12.1. The molecule has 0 unspecified atom stereocenters. The molecule has 0 radical (unpaired) electrons. The van der Waals surface area contributed by atoms with Gasteiger partial charge in [-0.15, -0.1) is 0 Å². The van der Waals surface area contributed by atoms with E-state index >= 15 is 0 Å². The third-order valence-electron chi connectivity index (χ3n) is 3.33. The lowest BCUT2D eigenvalue weighted by molar-refractivity contribution is -0.144. The van der Waals surface area contributed by atoms with Crippen molar-refractivity contribution in [3.63, 3.8) is 0 Å². The van der Waals surface area contributed by atoms with Crippen LogP contribution in [0, 0.1) is 3.57 Å². The van der Waals surface area contributed by atoms with Gasteiger partial charge in [0.2, 0.25) is 0 Å². The Morgan fingerprint density at radius 3 is 2.54 bits per heavy atom. The van der Waals surface area contributed by atoms with E-state index in [-0.39, 0.29) is 5.91 Å². The van der Waals surface area contributed by atoms with Gasteiger partial charge in [-0.3, -0.25) is 4.79 Å². The van der Waals surface area contributed by atoms with E-state index in [2.05, 4.69) is 33.1 Å². The van der Waals surface area contributed by atoms with Gasteiger partial charge in [0.1, 0.15) is 11.5 Å². The number of hydrazone groups is 1. The van der Waals surface area contributed by atoms with Gasteiger partial charge < -0.3 is 14.6 Å². The Morgan fingerprint density at radius 2 is 1.92 bits per heavy atom. The number of hydrogen-bond donors (Lipinski definition) is 2. The highest BCUT2D eigenvalue weighted by molar-refractivity contribution is 14.1. The van der Waals surface area contributed by atoms with Crippen LogP contribution in [-0.4, -0.2) is 36.4 Å². The lowest BCUT2D eigenvalue weighted by Gasteiger charge is -2.09. The van der Waals surface area contributed by atoms with E-state index in [0.29, 0.717) is 17.1 Å². The van der Waals surface area contributed by atoms with Crippen molar-refractivity contribution in [2.75, 3.05) is 7.11 Å². The molecule has 0 spiro atoms. The molecule has 0 fully saturated rings. The summed E-state index contributed by atoms with van der Waals surface area (Å²) in [6.45, 7) is 1.45. The van der Waals surface area contributed by atoms with E-state index < -0.39 is 12.1 Å². The van der Waals surface area contributed by atoms with Crippen LogP contribution in [0.2, 0.25) is 0 Å². The van der Waals surface area contributed by atoms with E-state index in [1.807, 2.05) is 0 Å². The van der Waals surface area contributed by atoms with Crippen LogP contribution >= 0.6 is 22.6 Å². The second-order valence-corrected chi connectivity index (χ2v) is 6.38. The molecule has 2 aromatic rings. The molecule has 0 aliphatic carbocycles. The van der Waals surface area contributed by atoms with Crippen molar-refractivity contribution in [2.24, 2.45) is 5.10 Å². The molecule has 2 N–H and O–H groups in total. The summed E-state index contributed by atoms with van der Waals surface area (Å²) in [5, 5.41) is 12.7. The molecule has 0 aromatic heterocycles. The average molecular weight is 468 g/mol. The van der Waals surface area contributed by atoms with Crippen LogP contribution in [0.1, 0.15) is 22.8 Å². The van der Waals surface area contributed by atoms with Gasteiger partial charge in [-0.05, 0) is 77.5 Å². The number of carboxylic acid groups (broad SMARTS) is 1. The molecule has 7 nitrogen and oxygen atoms in total. The standard InChI is InChI=1S/C18H17IN2O5/c1-11(18(23)24)26-14-6-3-12(4-7-14)10-20-21-17(22)13-5-8-15(19)16(9-13)25-2/h3-11H,1-2H3,(H,21,22)(H,23,24)/b20-10+/t11-/m0/s1. The Hall–Kier alpha value is -2.62. The molecule has 0 saturated heterocycles. The fourth-order valence-corrected chi connectivity index (χ4v) is 2.47. The summed E-state index contributed by atoms with van der Waals surface area (Å²) in [5.41, 5.74) is 3.60. The fourth-order valence-electron chi connectivity index (χ4n) is 1.92. The predicted octanol–water partition coefficient (Wildman–Crippen LogP) is 2.92. The minimum Gasteiger partial charge on any atom is -0.496 e. The average Bonchev–Trinajstić information content (AvgIpc) is 2.63. The van der Waals surface area contributed by atoms with Gasteiger partial charge in [0.05, 0.1) is 16.9 Å². The first kappa shape index (κ1) is 19.7. The molecular weight excluding hydrogens is 451 g/mol. The van der Waals surface area contributed by atoms with E-state index in [9.17, 15) is 9.59 Å². The molecule has 136 valence electrons. The van der Waals surface area contributed by atoms with Crippen LogP contribution in [0.15, 0.2) is 47.6 Å². The Kier molecular flexibility index (Phi) is 6.96. The van der Waals surface area contributed by atoms with Crippen LogP contribution in [0.5, 0.6) is 11.5 Å². The molecular formula is C18H17IN2O5. The molecule has 2 aromatic carbocycles. The minimum absolute atomic E-state index is 0.355. The van der Waals surface area contributed by atoms with Crippen molar-refractivity contribution in [3.05, 3.63) is 57.2 Å². The first-order valence-electron chi connectivity index (χ1n) is 7.57. The van der Waals surface area contributed by atoms with Crippen molar-refractivity contribution in [3.8, 4) is 11.5 Å². The number of hydrogen-bond acceptors (Lipinski definition) is 5. The van der Waals surface area contributed by atoms with Gasteiger partial charge in [0, 0.05) is 5.56 Å². The topological polar surface area (TPSA) is 97.2 Å². The van der Waals surface area contributed by atoms with Crippen molar-refractivity contribution >= 4 is 40.7 Å². The van der Waals surface area contributed by atoms with Crippen LogP contribution < -0.4 is 14.9 Å². The number of nitrogens with one attached hydrogen (secondary N) is 1. The van der Waals surface area contributed by atoms with E-state index in [1.54, 1.807) is 49.6 Å². The number of carbonyl (C=O) groups is 2. The number of amides is 1. The molecule has 8 heteroatoms. The number of carboxylic acids is 1. The van der Waals surface area contributed by atoms with Crippen LogP contribution in [0.25, 0.3) is 0 Å². The minimum atomic E-state index is -1.04. The Morgan fingerprint density at radius 1 is 1.23 bits per heavy atom. The zero-order valence-corrected chi connectivity index (χ0v) is 16.3. The molecule has 2 rings (SSSR count). The predicted molar refractivity (Wildman–Crippen MR) is 105 cm³/mol. The number of ether oxygens (including phenoxy) is 2. The zero-order valence-electron chi connectivity index (χ0n) is 14.1. The molecule has 0 saturated carbocycles. The lowest BCUT2D eigenvalue weighted by Crippen LogP contribution is -2.22. The monoisotopic (exact) mass is 468 g/mol. The first-order valence-corrected chi connectivity index (χ1v) is 8.65. The fraction of sp³-hybridized carbons (Fsp3) is 0.167. The number of carbonyl (C=O) groups excluding carboxylic acids is 1. The first-order chi connectivity index (χ1) is 12.4. The van der Waals surface area contributed by atoms with E-state index in [1.165, 1.54) is 13.1 Å². The number of nitrogens with zero attached hydrogens (tertiary/aromatic N) is 1. The molecule has 0 bridgehead atoms. The molecule has 0 aliphatic rings. The zero-order chi connectivity index (χ0) is 19.1. The number of methoxy groups -OCH3 is 1. The quantitative estimate of drug-likeness (QED) is 0.370. The van der Waals surface area contributed by atoms with Gasteiger partial charge in [-0.25, -0.2) is 10.2 Å². The number of rotatable bonds is 7. The van der Waals surface area contributed by atoms with Crippen molar-refractivity contribution in [2.45, 2.75) is 13.0 Å². The molecule has 1 atom stereocenters. The van der Waals surface area contributed by atoms with Crippen molar-refractivity contribution in [1.82, 2.24) is 5.43 Å². The molecule has 1 amide bonds. The van der Waals surface area contributed by atoms with Gasteiger partial charge in [0.15, 0.2) is 6.10 Å². The summed E-state index contributed by atoms with van der Waals surface area (Å²) in [6, 6.07) is 11.8. The molecule has 0 heterocycles. The number of aliphatic carboxylic acids is 1. The summed E-state index contributed by atoms with van der Waals surface area (Å²) in [6.07, 6.45) is 0.548. The number of halogens is 1. The van der Waals surface area contributed by atoms with Gasteiger partial charge >= 0.3 is 5.97 Å². The van der Waals surface area contributed by atoms with E-state index in [0.717, 1.165) is 9.13 Å². The third-order valence-corrected chi connectivity index (χ3v) is 4.22.